The lowest BCUT2D eigenvalue weighted by Gasteiger charge is -2.11. The maximum atomic E-state index is 11.5. The summed E-state index contributed by atoms with van der Waals surface area (Å²) in [6.45, 7) is 5.34. The molecule has 0 rings (SSSR count). The van der Waals surface area contributed by atoms with Gasteiger partial charge in [0, 0.05) is 0 Å². The number of carbonyl (C=O) groups is 1. The van der Waals surface area contributed by atoms with Gasteiger partial charge in [-0.25, -0.2) is 4.79 Å². The van der Waals surface area contributed by atoms with Gasteiger partial charge in [-0.3, -0.25) is 0 Å². The minimum absolute atomic E-state index is 0.00726. The Hall–Kier alpha value is -0.910. The number of rotatable bonds is 7. The average molecular weight is 232 g/mol. The van der Waals surface area contributed by atoms with E-state index >= 15 is 0 Å². The molecule has 0 heterocycles. The van der Waals surface area contributed by atoms with Crippen LogP contribution in [-0.4, -0.2) is 48.7 Å². The normalized spacial score (nSPS) is 12.1. The molecule has 0 spiro atoms. The monoisotopic (exact) mass is 232 g/mol. The first-order valence-corrected chi connectivity index (χ1v) is 5.23. The first kappa shape index (κ1) is 15.1. The van der Waals surface area contributed by atoms with E-state index in [9.17, 15) is 4.79 Å². The number of aliphatic hydroxyl groups excluding tert-OH is 2. The van der Waals surface area contributed by atoms with E-state index in [1.807, 2.05) is 0 Å². The molecule has 0 saturated carbocycles. The van der Waals surface area contributed by atoms with Gasteiger partial charge in [0.15, 0.2) is 0 Å². The molecule has 5 nitrogen and oxygen atoms in total. The summed E-state index contributed by atoms with van der Waals surface area (Å²) in [5.41, 5.74) is 1.27. The smallest absolute Gasteiger partial charge is 0.336 e. The molecule has 0 amide bonds. The van der Waals surface area contributed by atoms with Crippen LogP contribution in [0.15, 0.2) is 11.1 Å². The fraction of sp³-hybridized carbons (Fsp3) is 0.727. The second-order valence-electron chi connectivity index (χ2n) is 3.55. The van der Waals surface area contributed by atoms with Crippen molar-refractivity contribution in [1.29, 1.82) is 0 Å². The van der Waals surface area contributed by atoms with Gasteiger partial charge in [-0.05, 0) is 20.8 Å². The van der Waals surface area contributed by atoms with Crippen LogP contribution < -0.4 is 0 Å². The van der Waals surface area contributed by atoms with E-state index in [0.717, 1.165) is 5.57 Å². The Bertz CT molecular complexity index is 243. The predicted octanol–water partition coefficient (Wildman–Crippen LogP) is 0.256. The van der Waals surface area contributed by atoms with Gasteiger partial charge < -0.3 is 19.7 Å². The highest BCUT2D eigenvalue weighted by atomic mass is 16.5. The molecule has 94 valence electrons. The van der Waals surface area contributed by atoms with Gasteiger partial charge >= 0.3 is 5.97 Å². The lowest BCUT2D eigenvalue weighted by molar-refractivity contribution is -0.139. The second-order valence-corrected chi connectivity index (χ2v) is 3.55. The summed E-state index contributed by atoms with van der Waals surface area (Å²) in [7, 11) is 0. The molecule has 2 N–H and O–H groups in total. The Morgan fingerprint density at radius 3 is 2.44 bits per heavy atom. The highest BCUT2D eigenvalue weighted by Gasteiger charge is 2.13. The fourth-order valence-corrected chi connectivity index (χ4v) is 0.975. The second kappa shape index (κ2) is 8.27. The van der Waals surface area contributed by atoms with E-state index in [-0.39, 0.29) is 19.8 Å². The standard InChI is InChI=1S/C11H20O5/c1-4-16-11(14)10(8(2)3)7-15-6-9(13)5-12/h9,12-13H,4-7H2,1-3H3. The number of allylic oxidation sites excluding steroid dienone is 1. The van der Waals surface area contributed by atoms with Crippen LogP contribution in [0, 0.1) is 0 Å². The van der Waals surface area contributed by atoms with Crippen molar-refractivity contribution in [2.45, 2.75) is 26.9 Å². The molecule has 0 saturated heterocycles. The number of carbonyl (C=O) groups excluding carboxylic acids is 1. The zero-order valence-corrected chi connectivity index (χ0v) is 10.0. The lowest BCUT2D eigenvalue weighted by atomic mass is 10.1. The van der Waals surface area contributed by atoms with Crippen LogP contribution in [0.2, 0.25) is 0 Å². The molecular weight excluding hydrogens is 212 g/mol. The summed E-state index contributed by atoms with van der Waals surface area (Å²) in [5, 5.41) is 17.6. The van der Waals surface area contributed by atoms with Crippen molar-refractivity contribution in [3.8, 4) is 0 Å². The predicted molar refractivity (Wildman–Crippen MR) is 58.9 cm³/mol. The molecule has 1 unspecified atom stereocenters. The van der Waals surface area contributed by atoms with Gasteiger partial charge in [-0.1, -0.05) is 5.57 Å². The van der Waals surface area contributed by atoms with Gasteiger partial charge in [0.25, 0.3) is 0 Å². The first-order valence-electron chi connectivity index (χ1n) is 5.23. The Labute approximate surface area is 95.7 Å². The summed E-state index contributed by atoms with van der Waals surface area (Å²) >= 11 is 0. The minimum Gasteiger partial charge on any atom is -0.463 e. The topological polar surface area (TPSA) is 76.0 Å². The molecular formula is C11H20O5. The van der Waals surface area contributed by atoms with Crippen molar-refractivity contribution >= 4 is 5.97 Å². The summed E-state index contributed by atoms with van der Waals surface area (Å²) in [5.74, 6) is -0.402. The van der Waals surface area contributed by atoms with Gasteiger partial charge in [0.2, 0.25) is 0 Å². The number of ether oxygens (including phenoxy) is 2. The SMILES string of the molecule is CCOC(=O)C(COCC(O)CO)=C(C)C. The molecule has 5 heteroatoms. The highest BCUT2D eigenvalue weighted by molar-refractivity contribution is 5.89. The van der Waals surface area contributed by atoms with Crippen molar-refractivity contribution in [3.63, 3.8) is 0 Å². The molecule has 0 aromatic rings. The number of hydrogen-bond donors (Lipinski definition) is 2. The highest BCUT2D eigenvalue weighted by Crippen LogP contribution is 2.07. The maximum absolute atomic E-state index is 11.5. The van der Waals surface area contributed by atoms with E-state index in [2.05, 4.69) is 0 Å². The van der Waals surface area contributed by atoms with Crippen LogP contribution in [0.25, 0.3) is 0 Å². The molecule has 0 aromatic heterocycles. The molecule has 1 atom stereocenters. The molecule has 0 aliphatic rings. The summed E-state index contributed by atoms with van der Waals surface area (Å²) in [6.07, 6.45) is -0.916. The number of hydrogen-bond acceptors (Lipinski definition) is 5. The number of aliphatic hydroxyl groups is 2. The lowest BCUT2D eigenvalue weighted by Crippen LogP contribution is -2.22. The zero-order chi connectivity index (χ0) is 12.6. The van der Waals surface area contributed by atoms with E-state index in [0.29, 0.717) is 12.2 Å². The summed E-state index contributed by atoms with van der Waals surface area (Å²) in [4.78, 5) is 11.5. The molecule has 0 fully saturated rings. The maximum Gasteiger partial charge on any atom is 0.336 e. The van der Waals surface area contributed by atoms with Crippen LogP contribution in [0.4, 0.5) is 0 Å². The Kier molecular flexibility index (Phi) is 7.80. The summed E-state index contributed by atoms with van der Waals surface area (Å²) in [6, 6.07) is 0. The summed E-state index contributed by atoms with van der Waals surface area (Å²) < 4.78 is 9.97. The van der Waals surface area contributed by atoms with Crippen molar-refractivity contribution in [1.82, 2.24) is 0 Å². The van der Waals surface area contributed by atoms with Crippen LogP contribution >= 0.6 is 0 Å². The number of esters is 1. The average Bonchev–Trinajstić information content (AvgIpc) is 2.23. The molecule has 0 aromatic carbocycles. The molecule has 0 bridgehead atoms. The van der Waals surface area contributed by atoms with E-state index in [1.165, 1.54) is 0 Å². The van der Waals surface area contributed by atoms with E-state index in [4.69, 9.17) is 19.7 Å². The van der Waals surface area contributed by atoms with Crippen LogP contribution in [0.5, 0.6) is 0 Å². The van der Waals surface area contributed by atoms with Gasteiger partial charge in [0.05, 0.1) is 32.0 Å². The van der Waals surface area contributed by atoms with Crippen molar-refractivity contribution in [2.75, 3.05) is 26.4 Å². The van der Waals surface area contributed by atoms with Crippen LogP contribution in [0.3, 0.4) is 0 Å². The van der Waals surface area contributed by atoms with Crippen LogP contribution in [-0.2, 0) is 14.3 Å². The molecule has 0 aliphatic carbocycles. The van der Waals surface area contributed by atoms with E-state index < -0.39 is 12.1 Å². The molecule has 16 heavy (non-hydrogen) atoms. The first-order chi connectivity index (χ1) is 7.52. The third kappa shape index (κ3) is 5.85. The van der Waals surface area contributed by atoms with Gasteiger partial charge in [-0.15, -0.1) is 0 Å². The molecule has 0 radical (unpaired) electrons. The fourth-order valence-electron chi connectivity index (χ4n) is 0.975. The Morgan fingerprint density at radius 2 is 2.00 bits per heavy atom. The zero-order valence-electron chi connectivity index (χ0n) is 10.0. The Balaban J connectivity index is 4.17. The van der Waals surface area contributed by atoms with Crippen LogP contribution in [0.1, 0.15) is 20.8 Å². The largest absolute Gasteiger partial charge is 0.463 e. The van der Waals surface area contributed by atoms with Gasteiger partial charge in [-0.2, -0.15) is 0 Å². The quantitative estimate of drug-likeness (QED) is 0.486. The Morgan fingerprint density at radius 1 is 1.38 bits per heavy atom. The van der Waals surface area contributed by atoms with E-state index in [1.54, 1.807) is 20.8 Å². The van der Waals surface area contributed by atoms with Gasteiger partial charge in [0.1, 0.15) is 6.10 Å². The molecule has 0 aliphatic heterocycles. The minimum atomic E-state index is -0.916. The van der Waals surface area contributed by atoms with Crippen molar-refractivity contribution < 1.29 is 24.5 Å². The third-order valence-corrected chi connectivity index (χ3v) is 1.89. The third-order valence-electron chi connectivity index (χ3n) is 1.89. The van der Waals surface area contributed by atoms with Crippen molar-refractivity contribution in [3.05, 3.63) is 11.1 Å². The van der Waals surface area contributed by atoms with Crippen molar-refractivity contribution in [2.24, 2.45) is 0 Å².